The van der Waals surface area contributed by atoms with E-state index in [9.17, 15) is 14.0 Å². The van der Waals surface area contributed by atoms with Crippen molar-refractivity contribution in [2.24, 2.45) is 5.92 Å². The Labute approximate surface area is 334 Å². The first-order valence-electron chi connectivity index (χ1n) is 20.4. The molecule has 13 heteroatoms. The average molecular weight is 784 g/mol. The number of carbonyl (C=O) groups excluding carboxylic acids is 1. The number of benzene rings is 3. The highest BCUT2D eigenvalue weighted by Crippen LogP contribution is 2.56. The number of amides is 1. The fourth-order valence-corrected chi connectivity index (χ4v) is 9.89. The van der Waals surface area contributed by atoms with E-state index in [2.05, 4.69) is 56.9 Å². The maximum atomic E-state index is 15.2. The van der Waals surface area contributed by atoms with Gasteiger partial charge in [0.1, 0.15) is 17.1 Å². The number of hydrogen-bond acceptors (Lipinski definition) is 8. The van der Waals surface area contributed by atoms with Crippen molar-refractivity contribution in [1.82, 2.24) is 29.2 Å². The molecule has 0 radical (unpaired) electrons. The molecular formula is C45H46FN7O5. The highest BCUT2D eigenvalue weighted by Gasteiger charge is 2.59. The van der Waals surface area contributed by atoms with Crippen molar-refractivity contribution in [2.75, 3.05) is 37.7 Å². The number of aromatic amines is 1. The third-order valence-electron chi connectivity index (χ3n) is 13.3. The van der Waals surface area contributed by atoms with Crippen LogP contribution in [0.25, 0.3) is 16.6 Å². The Bertz CT molecular complexity index is 2700. The van der Waals surface area contributed by atoms with Gasteiger partial charge in [-0.15, -0.1) is 0 Å². The lowest BCUT2D eigenvalue weighted by atomic mass is 9.91. The van der Waals surface area contributed by atoms with Crippen LogP contribution >= 0.6 is 0 Å². The molecule has 3 fully saturated rings. The fraction of sp³-hybridized carbons (Fsp3) is 0.400. The lowest BCUT2D eigenvalue weighted by Crippen LogP contribution is -2.50. The lowest BCUT2D eigenvalue weighted by Gasteiger charge is -2.42. The first-order chi connectivity index (χ1) is 28.0. The van der Waals surface area contributed by atoms with Crippen molar-refractivity contribution in [3.63, 3.8) is 0 Å². The van der Waals surface area contributed by atoms with Gasteiger partial charge in [-0.3, -0.25) is 19.1 Å². The van der Waals surface area contributed by atoms with Crippen LogP contribution < -0.4 is 16.2 Å². The molecule has 3 aliphatic heterocycles. The van der Waals surface area contributed by atoms with E-state index < -0.39 is 17.3 Å². The molecule has 3 atom stereocenters. The van der Waals surface area contributed by atoms with Crippen molar-refractivity contribution < 1.29 is 18.4 Å². The summed E-state index contributed by atoms with van der Waals surface area (Å²) in [5, 5.41) is 5.09. The number of H-pyrrole nitrogens is 1. The first kappa shape index (κ1) is 36.5. The molecule has 58 heavy (non-hydrogen) atoms. The molecule has 1 N–H and O–H groups in total. The number of nitrogens with one attached hydrogen (secondary N) is 1. The molecule has 6 aromatic rings. The Morgan fingerprint density at radius 2 is 1.66 bits per heavy atom. The van der Waals surface area contributed by atoms with Crippen LogP contribution in [-0.2, 0) is 16.7 Å². The summed E-state index contributed by atoms with van der Waals surface area (Å²) in [7, 11) is 0. The number of anilines is 1. The van der Waals surface area contributed by atoms with Gasteiger partial charge in [-0.2, -0.15) is 0 Å². The van der Waals surface area contributed by atoms with Gasteiger partial charge in [0, 0.05) is 55.2 Å². The predicted molar refractivity (Wildman–Crippen MR) is 217 cm³/mol. The molecule has 12 nitrogen and oxygen atoms in total. The molecule has 2 saturated heterocycles. The van der Waals surface area contributed by atoms with Crippen LogP contribution in [0.5, 0.6) is 0 Å². The second kappa shape index (κ2) is 13.6. The van der Waals surface area contributed by atoms with Crippen molar-refractivity contribution in [3.8, 4) is 5.69 Å². The summed E-state index contributed by atoms with van der Waals surface area (Å²) in [5.41, 5.74) is 5.37. The molecule has 0 unspecified atom stereocenters. The zero-order valence-corrected chi connectivity index (χ0v) is 33.1. The van der Waals surface area contributed by atoms with Gasteiger partial charge in [0.05, 0.1) is 17.4 Å². The third-order valence-corrected chi connectivity index (χ3v) is 13.3. The Balaban J connectivity index is 1.07. The van der Waals surface area contributed by atoms with Crippen molar-refractivity contribution in [2.45, 2.75) is 76.8 Å². The van der Waals surface area contributed by atoms with E-state index in [0.717, 1.165) is 37.0 Å². The minimum absolute atomic E-state index is 0.0581. The van der Waals surface area contributed by atoms with Gasteiger partial charge in [-0.1, -0.05) is 48.5 Å². The SMILES string of the molecule is Cc1cc(-n2c(N3CC(c4ccccc4)C3)nc3c(c2=O)CCN(C(=O)c2cc4cc(C5CCOCC5)ccc4n2[C@]2(c4noc(=O)[nH]4)C[C@H]2C)[C@@H]3C)cc(C)c1F. The molecule has 6 heterocycles. The molecular weight excluding hydrogens is 738 g/mol. The summed E-state index contributed by atoms with van der Waals surface area (Å²) in [6.45, 7) is 10.5. The number of rotatable bonds is 7. The number of halogens is 1. The van der Waals surface area contributed by atoms with Crippen LogP contribution in [-0.4, -0.2) is 67.9 Å². The molecule has 0 bridgehead atoms. The quantitative estimate of drug-likeness (QED) is 0.190. The Hall–Kier alpha value is -5.82. The van der Waals surface area contributed by atoms with E-state index in [4.69, 9.17) is 14.2 Å². The average Bonchev–Trinajstić information content (AvgIpc) is 3.48. The van der Waals surface area contributed by atoms with Crippen LogP contribution in [0.2, 0.25) is 0 Å². The van der Waals surface area contributed by atoms with E-state index in [1.165, 1.54) is 11.1 Å². The van der Waals surface area contributed by atoms with Gasteiger partial charge in [0.25, 0.3) is 11.5 Å². The normalized spacial score (nSPS) is 22.3. The zero-order valence-electron chi connectivity index (χ0n) is 33.1. The second-order valence-corrected chi connectivity index (χ2v) is 16.8. The number of carbonyl (C=O) groups is 1. The van der Waals surface area contributed by atoms with Gasteiger partial charge in [0.2, 0.25) is 5.95 Å². The fourth-order valence-electron chi connectivity index (χ4n) is 9.89. The molecule has 10 rings (SSSR count). The molecule has 1 amide bonds. The maximum Gasteiger partial charge on any atom is 0.438 e. The topological polar surface area (TPSA) is 131 Å². The Morgan fingerprint density at radius 1 is 0.931 bits per heavy atom. The number of hydrogen-bond donors (Lipinski definition) is 1. The van der Waals surface area contributed by atoms with Gasteiger partial charge < -0.3 is 19.1 Å². The minimum Gasteiger partial charge on any atom is -0.381 e. The van der Waals surface area contributed by atoms with E-state index in [1.54, 1.807) is 30.5 Å². The molecule has 3 aromatic heterocycles. The van der Waals surface area contributed by atoms with E-state index in [1.807, 2.05) is 36.1 Å². The van der Waals surface area contributed by atoms with E-state index >= 15 is 4.79 Å². The Morgan fingerprint density at radius 3 is 2.33 bits per heavy atom. The number of nitrogens with zero attached hydrogens (tertiary/aromatic N) is 6. The summed E-state index contributed by atoms with van der Waals surface area (Å²) in [5.74, 6) is 0.425. The third kappa shape index (κ3) is 5.68. The molecule has 3 aromatic carbocycles. The molecule has 0 spiro atoms. The van der Waals surface area contributed by atoms with Gasteiger partial charge in [-0.25, -0.2) is 18.7 Å². The summed E-state index contributed by atoms with van der Waals surface area (Å²) < 4.78 is 29.3. The summed E-state index contributed by atoms with van der Waals surface area (Å²) in [4.78, 5) is 54.2. The monoisotopic (exact) mass is 783 g/mol. The molecule has 1 aliphatic carbocycles. The lowest BCUT2D eigenvalue weighted by molar-refractivity contribution is 0.0658. The Kier molecular flexibility index (Phi) is 8.59. The van der Waals surface area contributed by atoms with Crippen LogP contribution in [0.15, 0.2) is 80.8 Å². The van der Waals surface area contributed by atoms with Gasteiger partial charge in [0.15, 0.2) is 5.82 Å². The molecule has 4 aliphatic rings. The second-order valence-electron chi connectivity index (χ2n) is 16.8. The highest BCUT2D eigenvalue weighted by atomic mass is 19.1. The number of ether oxygens (including phenoxy) is 1. The molecule has 1 saturated carbocycles. The summed E-state index contributed by atoms with van der Waals surface area (Å²) >= 11 is 0. The minimum atomic E-state index is -0.784. The molecule has 298 valence electrons. The largest absolute Gasteiger partial charge is 0.438 e. The van der Waals surface area contributed by atoms with Gasteiger partial charge >= 0.3 is 5.76 Å². The highest BCUT2D eigenvalue weighted by molar-refractivity contribution is 6.00. The number of aryl methyl sites for hydroxylation is 2. The summed E-state index contributed by atoms with van der Waals surface area (Å²) in [6, 6.07) is 21.6. The van der Waals surface area contributed by atoms with Crippen molar-refractivity contribution >= 4 is 22.8 Å². The maximum absolute atomic E-state index is 15.2. The first-order valence-corrected chi connectivity index (χ1v) is 20.4. The number of fused-ring (bicyclic) bond motifs is 2. The predicted octanol–water partition coefficient (Wildman–Crippen LogP) is 6.66. The smallest absolute Gasteiger partial charge is 0.381 e. The van der Waals surface area contributed by atoms with Crippen molar-refractivity contribution in [3.05, 3.63) is 138 Å². The van der Waals surface area contributed by atoms with Crippen LogP contribution in [0.4, 0.5) is 10.3 Å². The van der Waals surface area contributed by atoms with Crippen LogP contribution in [0, 0.1) is 25.6 Å². The van der Waals surface area contributed by atoms with Crippen LogP contribution in [0.3, 0.4) is 0 Å². The van der Waals surface area contributed by atoms with E-state index in [0.29, 0.717) is 83.9 Å². The van der Waals surface area contributed by atoms with Gasteiger partial charge in [-0.05, 0) is 111 Å². The zero-order chi connectivity index (χ0) is 40.0. The van der Waals surface area contributed by atoms with Crippen molar-refractivity contribution in [1.29, 1.82) is 0 Å². The van der Waals surface area contributed by atoms with Crippen LogP contribution in [0.1, 0.15) is 101 Å². The standard InChI is InChI=1S/C45H46FN7O5/c1-25-18-34(19-26(2)38(25)46)52-40(54)35-12-15-51(28(4)39(35)47-43(52)50-23-33(24-50)29-8-6-5-7-9-29)41(55)37-21-32-20-31(30-13-16-57-17-14-30)10-11-36(32)53(37)45(22-27(45)3)42-48-44(56)58-49-42/h5-11,18-21,27-28,30,33H,12-17,22-24H2,1-4H3,(H,48,49,56)/t27-,28-,45-/m1/s1. The summed E-state index contributed by atoms with van der Waals surface area (Å²) in [6.07, 6.45) is 2.83. The number of aromatic nitrogens is 5. The van der Waals surface area contributed by atoms with E-state index in [-0.39, 0.29) is 29.1 Å².